The molecule has 6 heteroatoms. The van der Waals surface area contributed by atoms with E-state index in [9.17, 15) is 9.59 Å². The zero-order chi connectivity index (χ0) is 11.7. The number of nitrogens with one attached hydrogen (secondary N) is 3. The monoisotopic (exact) mass is 217 g/mol. The van der Waals surface area contributed by atoms with Crippen LogP contribution in [0.25, 0.3) is 0 Å². The molecule has 0 aliphatic rings. The second-order valence-corrected chi connectivity index (χ2v) is 3.17. The summed E-state index contributed by atoms with van der Waals surface area (Å²) in [6, 6.07) is -1.31. The minimum Gasteiger partial charge on any atom is -0.480 e. The van der Waals surface area contributed by atoms with Gasteiger partial charge in [-0.1, -0.05) is 6.92 Å². The molecule has 0 rings (SSSR count). The molecule has 88 valence electrons. The fourth-order valence-corrected chi connectivity index (χ4v) is 0.901. The summed E-state index contributed by atoms with van der Waals surface area (Å²) in [5.41, 5.74) is 0. The highest BCUT2D eigenvalue weighted by Crippen LogP contribution is 1.81. The summed E-state index contributed by atoms with van der Waals surface area (Å²) < 4.78 is 0. The van der Waals surface area contributed by atoms with E-state index in [1.54, 1.807) is 0 Å². The molecule has 6 nitrogen and oxygen atoms in total. The summed E-state index contributed by atoms with van der Waals surface area (Å²) in [4.78, 5) is 21.5. The molecule has 0 saturated carbocycles. The van der Waals surface area contributed by atoms with Gasteiger partial charge in [0.05, 0.1) is 0 Å². The van der Waals surface area contributed by atoms with Crippen molar-refractivity contribution in [3.63, 3.8) is 0 Å². The zero-order valence-electron chi connectivity index (χ0n) is 9.17. The van der Waals surface area contributed by atoms with E-state index in [2.05, 4.69) is 16.0 Å². The van der Waals surface area contributed by atoms with Crippen molar-refractivity contribution >= 4 is 12.0 Å². The molecular weight excluding hydrogens is 198 g/mol. The van der Waals surface area contributed by atoms with Crippen molar-refractivity contribution in [1.29, 1.82) is 0 Å². The summed E-state index contributed by atoms with van der Waals surface area (Å²) in [6.45, 7) is 5.70. The second kappa shape index (κ2) is 8.05. The Morgan fingerprint density at radius 1 is 1.33 bits per heavy atom. The predicted octanol–water partition coefficient (Wildman–Crippen LogP) is -0.242. The Kier molecular flexibility index (Phi) is 7.35. The second-order valence-electron chi connectivity index (χ2n) is 3.17. The van der Waals surface area contributed by atoms with Crippen LogP contribution in [-0.2, 0) is 4.79 Å². The summed E-state index contributed by atoms with van der Waals surface area (Å²) in [5.74, 6) is -1.04. The minimum absolute atomic E-state index is 0.443. The van der Waals surface area contributed by atoms with Crippen LogP contribution in [0.3, 0.4) is 0 Å². The van der Waals surface area contributed by atoms with Crippen LogP contribution in [0.5, 0.6) is 0 Å². The highest BCUT2D eigenvalue weighted by molar-refractivity contribution is 5.82. The van der Waals surface area contributed by atoms with Gasteiger partial charge in [0.25, 0.3) is 0 Å². The van der Waals surface area contributed by atoms with Crippen molar-refractivity contribution in [2.24, 2.45) is 0 Å². The molecule has 0 aliphatic heterocycles. The Morgan fingerprint density at radius 2 is 2.00 bits per heavy atom. The standard InChI is InChI=1S/C9H19N3O3/c1-3-10-5-4-6-11-9(15)12-7(2)8(13)14/h7,10H,3-6H2,1-2H3,(H,13,14)(H2,11,12,15)/t7-/m0/s1. The van der Waals surface area contributed by atoms with Gasteiger partial charge in [0, 0.05) is 6.54 Å². The van der Waals surface area contributed by atoms with Crippen LogP contribution in [0.1, 0.15) is 20.3 Å². The van der Waals surface area contributed by atoms with E-state index in [0.717, 1.165) is 19.5 Å². The summed E-state index contributed by atoms with van der Waals surface area (Å²) in [6.07, 6.45) is 0.822. The molecule has 0 bridgehead atoms. The number of carboxylic acids is 1. The molecule has 1 atom stereocenters. The van der Waals surface area contributed by atoms with Gasteiger partial charge in [0.15, 0.2) is 0 Å². The van der Waals surface area contributed by atoms with Gasteiger partial charge in [-0.05, 0) is 26.4 Å². The summed E-state index contributed by atoms with van der Waals surface area (Å²) in [7, 11) is 0. The maximum Gasteiger partial charge on any atom is 0.325 e. The third-order valence-corrected chi connectivity index (χ3v) is 1.78. The van der Waals surface area contributed by atoms with Gasteiger partial charge in [-0.2, -0.15) is 0 Å². The SMILES string of the molecule is CCNCCCNC(=O)N[C@@H](C)C(=O)O. The molecule has 0 aromatic carbocycles. The van der Waals surface area contributed by atoms with Crippen molar-refractivity contribution < 1.29 is 14.7 Å². The van der Waals surface area contributed by atoms with Gasteiger partial charge in [0.2, 0.25) is 0 Å². The number of aliphatic carboxylic acids is 1. The number of hydrogen-bond donors (Lipinski definition) is 4. The summed E-state index contributed by atoms with van der Waals surface area (Å²) in [5, 5.41) is 16.5. The van der Waals surface area contributed by atoms with Crippen LogP contribution in [0.4, 0.5) is 4.79 Å². The van der Waals surface area contributed by atoms with E-state index in [1.807, 2.05) is 6.92 Å². The molecule has 0 aromatic rings. The number of rotatable bonds is 7. The van der Waals surface area contributed by atoms with Crippen LogP contribution in [0.2, 0.25) is 0 Å². The Hall–Kier alpha value is -1.30. The average Bonchev–Trinajstić information content (AvgIpc) is 2.17. The number of carboxylic acid groups (broad SMARTS) is 1. The van der Waals surface area contributed by atoms with Crippen LogP contribution in [0, 0.1) is 0 Å². The maximum atomic E-state index is 11.1. The van der Waals surface area contributed by atoms with Crippen LogP contribution in [0.15, 0.2) is 0 Å². The first kappa shape index (κ1) is 13.7. The normalized spacial score (nSPS) is 11.9. The molecule has 0 radical (unpaired) electrons. The van der Waals surface area contributed by atoms with Crippen LogP contribution < -0.4 is 16.0 Å². The Balaban J connectivity index is 3.45. The van der Waals surface area contributed by atoms with E-state index in [4.69, 9.17) is 5.11 Å². The topological polar surface area (TPSA) is 90.5 Å². The van der Waals surface area contributed by atoms with E-state index >= 15 is 0 Å². The molecule has 4 N–H and O–H groups in total. The lowest BCUT2D eigenvalue weighted by Crippen LogP contribution is -2.44. The number of hydrogen-bond acceptors (Lipinski definition) is 3. The third kappa shape index (κ3) is 7.75. The molecule has 0 saturated heterocycles. The van der Waals surface area contributed by atoms with Crippen LogP contribution >= 0.6 is 0 Å². The van der Waals surface area contributed by atoms with Gasteiger partial charge >= 0.3 is 12.0 Å². The highest BCUT2D eigenvalue weighted by Gasteiger charge is 2.12. The fourth-order valence-electron chi connectivity index (χ4n) is 0.901. The van der Waals surface area contributed by atoms with Crippen LogP contribution in [-0.4, -0.2) is 42.8 Å². The number of carbonyl (C=O) groups excluding carboxylic acids is 1. The smallest absolute Gasteiger partial charge is 0.325 e. The number of amides is 2. The molecule has 0 aromatic heterocycles. The molecule has 0 spiro atoms. The first-order valence-electron chi connectivity index (χ1n) is 5.05. The minimum atomic E-state index is -1.04. The maximum absolute atomic E-state index is 11.1. The van der Waals surface area contributed by atoms with Gasteiger partial charge in [0.1, 0.15) is 6.04 Å². The quantitative estimate of drug-likeness (QED) is 0.443. The average molecular weight is 217 g/mol. The zero-order valence-corrected chi connectivity index (χ0v) is 9.17. The van der Waals surface area contributed by atoms with Crippen molar-refractivity contribution in [3.8, 4) is 0 Å². The highest BCUT2D eigenvalue weighted by atomic mass is 16.4. The van der Waals surface area contributed by atoms with Gasteiger partial charge in [-0.15, -0.1) is 0 Å². The molecule has 15 heavy (non-hydrogen) atoms. The van der Waals surface area contributed by atoms with Gasteiger partial charge < -0.3 is 21.1 Å². The third-order valence-electron chi connectivity index (χ3n) is 1.78. The first-order valence-corrected chi connectivity index (χ1v) is 5.05. The van der Waals surface area contributed by atoms with E-state index < -0.39 is 18.0 Å². The predicted molar refractivity (Wildman–Crippen MR) is 56.8 cm³/mol. The van der Waals surface area contributed by atoms with Crippen molar-refractivity contribution in [2.75, 3.05) is 19.6 Å². The lowest BCUT2D eigenvalue weighted by atomic mass is 10.3. The fraction of sp³-hybridized carbons (Fsp3) is 0.778. The Morgan fingerprint density at radius 3 is 2.53 bits per heavy atom. The number of carbonyl (C=O) groups is 2. The van der Waals surface area contributed by atoms with Crippen molar-refractivity contribution in [2.45, 2.75) is 26.3 Å². The molecule has 0 aliphatic carbocycles. The van der Waals surface area contributed by atoms with Crippen molar-refractivity contribution in [1.82, 2.24) is 16.0 Å². The molecule has 0 unspecified atom stereocenters. The van der Waals surface area contributed by atoms with Crippen molar-refractivity contribution in [3.05, 3.63) is 0 Å². The molecular formula is C9H19N3O3. The molecule has 0 fully saturated rings. The first-order chi connectivity index (χ1) is 7.07. The Bertz CT molecular complexity index is 209. The van der Waals surface area contributed by atoms with Gasteiger partial charge in [-0.25, -0.2) is 4.79 Å². The lowest BCUT2D eigenvalue weighted by Gasteiger charge is -2.10. The van der Waals surface area contributed by atoms with Gasteiger partial charge in [-0.3, -0.25) is 4.79 Å². The molecule has 0 heterocycles. The lowest BCUT2D eigenvalue weighted by molar-refractivity contribution is -0.138. The van der Waals surface area contributed by atoms with E-state index in [0.29, 0.717) is 6.54 Å². The Labute approximate surface area is 89.4 Å². The largest absolute Gasteiger partial charge is 0.480 e. The van der Waals surface area contributed by atoms with E-state index in [1.165, 1.54) is 6.92 Å². The number of urea groups is 1. The summed E-state index contributed by atoms with van der Waals surface area (Å²) >= 11 is 0. The van der Waals surface area contributed by atoms with E-state index in [-0.39, 0.29) is 0 Å². The molecule has 2 amide bonds.